The molecule has 0 aliphatic carbocycles. The second-order valence-corrected chi connectivity index (χ2v) is 6.19. The van der Waals surface area contributed by atoms with Gasteiger partial charge in [0, 0.05) is 4.43 Å². The van der Waals surface area contributed by atoms with Gasteiger partial charge in [0.15, 0.2) is 0 Å². The molecule has 0 bridgehead atoms. The Balaban J connectivity index is 3.16. The summed E-state index contributed by atoms with van der Waals surface area (Å²) in [5, 5.41) is 0. The number of carbonyl (C=O) groups is 4. The number of halogens is 1. The summed E-state index contributed by atoms with van der Waals surface area (Å²) in [6, 6.07) is 0. The molecule has 0 aromatic rings. The highest BCUT2D eigenvalue weighted by Crippen LogP contribution is 2.30. The Morgan fingerprint density at radius 2 is 1.31 bits per heavy atom. The smallest absolute Gasteiger partial charge is 0.145 e. The molecule has 1 rings (SSSR count). The van der Waals surface area contributed by atoms with Gasteiger partial charge in [-0.3, -0.25) is 0 Å². The molecule has 0 aromatic heterocycles. The summed E-state index contributed by atoms with van der Waals surface area (Å²) in [6.07, 6.45) is -8.42. The van der Waals surface area contributed by atoms with Crippen LogP contribution in [-0.2, 0) is 42.9 Å². The van der Waals surface area contributed by atoms with E-state index in [9.17, 15) is 19.2 Å². The van der Waals surface area contributed by atoms with E-state index < -0.39 is 82.0 Å². The first-order valence-corrected chi connectivity index (χ1v) is 9.30. The predicted molar refractivity (Wildman–Crippen MR) is 96.5 cm³/mol. The van der Waals surface area contributed by atoms with E-state index in [1.165, 1.54) is 0 Å². The highest BCUT2D eigenvalue weighted by Gasteiger charge is 2.47. The highest BCUT2D eigenvalue weighted by molar-refractivity contribution is 14.1. The highest BCUT2D eigenvalue weighted by atomic mass is 127. The summed E-state index contributed by atoms with van der Waals surface area (Å²) in [6.45, 7) is -2.59. The number of hydrogen-bond acceptors (Lipinski definition) is 9. The van der Waals surface area contributed by atoms with Gasteiger partial charge >= 0.3 is 0 Å². The zero-order valence-electron chi connectivity index (χ0n) is 17.9. The van der Waals surface area contributed by atoms with Crippen LogP contribution in [0.3, 0.4) is 0 Å². The first-order chi connectivity index (χ1) is 14.1. The fourth-order valence-corrected chi connectivity index (χ4v) is 3.28. The minimum atomic E-state index is -1.12. The minimum absolute atomic E-state index is 0.224. The van der Waals surface area contributed by atoms with Crippen LogP contribution in [0.5, 0.6) is 0 Å². The minimum Gasteiger partial charge on any atom is -0.371 e. The summed E-state index contributed by atoms with van der Waals surface area (Å²) in [5.74, 6) is 0. The molecule has 0 aromatic carbocycles. The molecule has 0 N–H and O–H groups in total. The third-order valence-electron chi connectivity index (χ3n) is 3.57. The van der Waals surface area contributed by atoms with Crippen molar-refractivity contribution in [3.8, 4) is 0 Å². The normalized spacial score (nSPS) is 30.6. The topological polar surface area (TPSA) is 114 Å². The van der Waals surface area contributed by atoms with Crippen LogP contribution < -0.4 is 0 Å². The maximum absolute atomic E-state index is 11.1. The molecule has 10 heteroatoms. The summed E-state index contributed by atoms with van der Waals surface area (Å²) in [4.78, 5) is 44.2. The Morgan fingerprint density at radius 1 is 0.808 bits per heavy atom. The van der Waals surface area contributed by atoms with Crippen LogP contribution in [0.1, 0.15) is 11.9 Å². The fourth-order valence-electron chi connectivity index (χ4n) is 2.66. The maximum Gasteiger partial charge on any atom is 0.145 e. The van der Waals surface area contributed by atoms with Gasteiger partial charge in [-0.05, 0) is 6.42 Å². The average Bonchev–Trinajstić information content (AvgIpc) is 2.64. The van der Waals surface area contributed by atoms with Crippen molar-refractivity contribution in [2.45, 2.75) is 36.9 Å². The van der Waals surface area contributed by atoms with Gasteiger partial charge in [0.25, 0.3) is 0 Å². The van der Waals surface area contributed by atoms with E-state index in [0.717, 1.165) is 0 Å². The lowest BCUT2D eigenvalue weighted by Crippen LogP contribution is -2.61. The molecule has 1 fully saturated rings. The molecule has 1 saturated heterocycles. The Kier molecular flexibility index (Phi) is 9.52. The number of alkyl halides is 1. The molecule has 1 aliphatic heterocycles. The zero-order valence-corrected chi connectivity index (χ0v) is 16.0. The molecular formula is C16H23IO9. The zero-order chi connectivity index (χ0) is 22.7. The van der Waals surface area contributed by atoms with Crippen LogP contribution in [0.25, 0.3) is 0 Å². The lowest BCUT2D eigenvalue weighted by atomic mass is 9.93. The van der Waals surface area contributed by atoms with Crippen LogP contribution >= 0.6 is 22.6 Å². The molecule has 0 saturated carbocycles. The largest absolute Gasteiger partial charge is 0.371 e. The standard InChI is InChI=1S/C16H23IO9/c17-2-1-12-14(23-8-4-19)16(25-10-6-21)15(24-9-5-20)13(26-12)11-22-7-3-18/h3-6,12-16H,1-2,7-11H2/t12?,13-,14+,15-,16-/m1/s1/i3D,4D,5D,6D. The molecule has 0 spiro atoms. The summed E-state index contributed by atoms with van der Waals surface area (Å²) >= 11 is 2.09. The summed E-state index contributed by atoms with van der Waals surface area (Å²) in [5.41, 5.74) is 0. The Hall–Kier alpha value is -0.790. The first-order valence-electron chi connectivity index (χ1n) is 9.77. The van der Waals surface area contributed by atoms with Crippen LogP contribution in [-0.4, -0.2) is 93.0 Å². The molecule has 1 aliphatic rings. The van der Waals surface area contributed by atoms with Crippen LogP contribution in [0.4, 0.5) is 0 Å². The third kappa shape index (κ3) is 7.45. The Bertz CT molecular complexity index is 609. The number of aldehydes is 4. The van der Waals surface area contributed by atoms with Crippen molar-refractivity contribution in [2.75, 3.05) is 37.5 Å². The summed E-state index contributed by atoms with van der Waals surface area (Å²) < 4.78 is 56.2. The SMILES string of the molecule is [2H]C(=O)COC[C@H]1OC(CCI)[C@H](OCC([2H])=O)[C@@H](OCC([2H])=O)[C@@H]1OCC([2H])=O. The Morgan fingerprint density at radius 3 is 1.81 bits per heavy atom. The van der Waals surface area contributed by atoms with Crippen LogP contribution in [0.15, 0.2) is 0 Å². The predicted octanol–water partition coefficient (Wildman–Crippen LogP) is -0.453. The van der Waals surface area contributed by atoms with Gasteiger partial charge in [0.2, 0.25) is 0 Å². The van der Waals surface area contributed by atoms with E-state index in [1.54, 1.807) is 0 Å². The van der Waals surface area contributed by atoms with Gasteiger partial charge in [0.1, 0.15) is 81.4 Å². The van der Waals surface area contributed by atoms with Gasteiger partial charge < -0.3 is 42.9 Å². The number of carbonyl (C=O) groups excluding carboxylic acids is 4. The number of rotatable bonds is 15. The van der Waals surface area contributed by atoms with Crippen LogP contribution in [0, 0.1) is 0 Å². The molecule has 0 radical (unpaired) electrons. The first kappa shape index (κ1) is 17.3. The van der Waals surface area contributed by atoms with Crippen molar-refractivity contribution in [2.24, 2.45) is 0 Å². The van der Waals surface area contributed by atoms with Gasteiger partial charge in [-0.2, -0.15) is 0 Å². The molecular weight excluding hydrogens is 463 g/mol. The van der Waals surface area contributed by atoms with Gasteiger partial charge in [-0.1, -0.05) is 22.6 Å². The van der Waals surface area contributed by atoms with Gasteiger partial charge in [-0.25, -0.2) is 0 Å². The number of ether oxygens (including phenoxy) is 5. The average molecular weight is 490 g/mol. The van der Waals surface area contributed by atoms with Crippen molar-refractivity contribution < 1.29 is 48.3 Å². The second kappa shape index (κ2) is 14.3. The molecule has 1 heterocycles. The van der Waals surface area contributed by atoms with Crippen molar-refractivity contribution in [3.05, 3.63) is 0 Å². The monoisotopic (exact) mass is 490 g/mol. The van der Waals surface area contributed by atoms with E-state index in [-0.39, 0.29) is 6.61 Å². The number of hydrogen-bond donors (Lipinski definition) is 0. The molecule has 5 atom stereocenters. The fraction of sp³-hybridized carbons (Fsp3) is 0.750. The van der Waals surface area contributed by atoms with E-state index in [2.05, 4.69) is 22.6 Å². The molecule has 0 amide bonds. The molecule has 26 heavy (non-hydrogen) atoms. The molecule has 1 unspecified atom stereocenters. The third-order valence-corrected chi connectivity index (χ3v) is 4.19. The van der Waals surface area contributed by atoms with Crippen molar-refractivity contribution in [3.63, 3.8) is 0 Å². The second-order valence-electron chi connectivity index (χ2n) is 5.11. The van der Waals surface area contributed by atoms with Crippen LogP contribution in [0.2, 0.25) is 0 Å². The van der Waals surface area contributed by atoms with E-state index in [0.29, 0.717) is 10.8 Å². The van der Waals surface area contributed by atoms with Crippen molar-refractivity contribution in [1.82, 2.24) is 0 Å². The van der Waals surface area contributed by atoms with Gasteiger partial charge in [-0.15, -0.1) is 0 Å². The van der Waals surface area contributed by atoms with E-state index in [4.69, 9.17) is 29.2 Å². The lowest BCUT2D eigenvalue weighted by molar-refractivity contribution is -0.260. The maximum atomic E-state index is 11.1. The Labute approximate surface area is 170 Å². The summed E-state index contributed by atoms with van der Waals surface area (Å²) in [7, 11) is 0. The molecule has 9 nitrogen and oxygen atoms in total. The molecule has 148 valence electrons. The van der Waals surface area contributed by atoms with Crippen molar-refractivity contribution >= 4 is 47.6 Å². The van der Waals surface area contributed by atoms with E-state index in [1.807, 2.05) is 0 Å². The van der Waals surface area contributed by atoms with Gasteiger partial charge in [0.05, 0.1) is 12.7 Å². The van der Waals surface area contributed by atoms with E-state index >= 15 is 0 Å². The lowest BCUT2D eigenvalue weighted by Gasteiger charge is -2.45. The van der Waals surface area contributed by atoms with Crippen molar-refractivity contribution in [1.29, 1.82) is 0 Å². The quantitative estimate of drug-likeness (QED) is 0.171.